The van der Waals surface area contributed by atoms with Gasteiger partial charge in [-0.1, -0.05) is 76.1 Å². The Kier molecular flexibility index (Phi) is 11.6. The standard InChI is InChI=1S/C34H48O8/c1-8-10-11-12-13-14-15-16-30(38)41-29-19-23(4)33(7,18-17-22(3)9-2)28-21-26(37)20-27-31(39-24(5)35)42-32(34(27,28)29)40-25(6)36/h9,13-17,20,23,26,28-29,31-32,37H,2,8,10-12,18-19,21H2,1,3-7H3/b14-13+,16-15-,22-17+/t23-,26+,28+,29+,31+,32-,33-,34-/m1/s1. The minimum atomic E-state index is -1.20. The summed E-state index contributed by atoms with van der Waals surface area (Å²) in [4.78, 5) is 37.7. The molecule has 0 aromatic carbocycles. The largest absolute Gasteiger partial charge is 0.458 e. The zero-order valence-corrected chi connectivity index (χ0v) is 26.0. The fourth-order valence-corrected chi connectivity index (χ4v) is 6.92. The fraction of sp³-hybridized carbons (Fsp3) is 0.618. The second-order valence-electron chi connectivity index (χ2n) is 12.1. The van der Waals surface area contributed by atoms with E-state index in [-0.39, 0.29) is 11.8 Å². The molecule has 1 N–H and O–H groups in total. The Balaban J connectivity index is 2.09. The number of carbonyl (C=O) groups is 3. The molecule has 3 aliphatic rings. The Morgan fingerprint density at radius 2 is 1.81 bits per heavy atom. The molecule has 8 atom stereocenters. The van der Waals surface area contributed by atoms with Crippen LogP contribution in [0, 0.1) is 22.7 Å². The van der Waals surface area contributed by atoms with Crippen LogP contribution in [0.2, 0.25) is 0 Å². The summed E-state index contributed by atoms with van der Waals surface area (Å²) < 4.78 is 23.7. The van der Waals surface area contributed by atoms with Gasteiger partial charge < -0.3 is 19.3 Å². The third-order valence-corrected chi connectivity index (χ3v) is 9.28. The van der Waals surface area contributed by atoms with Gasteiger partial charge in [0.1, 0.15) is 11.5 Å². The summed E-state index contributed by atoms with van der Waals surface area (Å²) in [5.41, 5.74) is -0.130. The molecule has 0 amide bonds. The lowest BCUT2D eigenvalue weighted by molar-refractivity contribution is -0.256. The van der Waals surface area contributed by atoms with E-state index in [1.54, 1.807) is 18.2 Å². The van der Waals surface area contributed by atoms with Gasteiger partial charge in [-0.2, -0.15) is 0 Å². The summed E-state index contributed by atoms with van der Waals surface area (Å²) in [6.45, 7) is 14.8. The van der Waals surface area contributed by atoms with E-state index in [9.17, 15) is 19.5 Å². The number of allylic oxidation sites excluding steroid dienone is 6. The first kappa shape index (κ1) is 33.5. The molecule has 0 bridgehead atoms. The number of aliphatic hydroxyl groups is 1. The maximum atomic E-state index is 13.2. The van der Waals surface area contributed by atoms with Crippen LogP contribution in [0.3, 0.4) is 0 Å². The molecule has 1 aliphatic heterocycles. The minimum absolute atomic E-state index is 0.0412. The maximum absolute atomic E-state index is 13.2. The van der Waals surface area contributed by atoms with Crippen molar-refractivity contribution in [2.24, 2.45) is 22.7 Å². The summed E-state index contributed by atoms with van der Waals surface area (Å²) in [5.74, 6) is -2.02. The number of aliphatic hydroxyl groups excluding tert-OH is 1. The number of esters is 3. The minimum Gasteiger partial charge on any atom is -0.458 e. The Bertz CT molecular complexity index is 1130. The van der Waals surface area contributed by atoms with Gasteiger partial charge in [0.25, 0.3) is 0 Å². The van der Waals surface area contributed by atoms with Crippen molar-refractivity contribution < 1.29 is 38.4 Å². The van der Waals surface area contributed by atoms with Crippen molar-refractivity contribution in [3.63, 3.8) is 0 Å². The molecule has 0 aromatic heterocycles. The highest BCUT2D eigenvalue weighted by Gasteiger charge is 2.72. The zero-order chi connectivity index (χ0) is 31.1. The zero-order valence-electron chi connectivity index (χ0n) is 26.0. The third-order valence-electron chi connectivity index (χ3n) is 9.28. The van der Waals surface area contributed by atoms with Gasteiger partial charge in [0.15, 0.2) is 0 Å². The molecule has 8 heteroatoms. The van der Waals surface area contributed by atoms with Crippen LogP contribution in [0.4, 0.5) is 0 Å². The highest BCUT2D eigenvalue weighted by molar-refractivity contribution is 5.82. The van der Waals surface area contributed by atoms with Gasteiger partial charge >= 0.3 is 17.9 Å². The van der Waals surface area contributed by atoms with Gasteiger partial charge in [0.2, 0.25) is 12.6 Å². The molecule has 8 nitrogen and oxygen atoms in total. The molecule has 2 fully saturated rings. The van der Waals surface area contributed by atoms with E-state index in [0.29, 0.717) is 24.8 Å². The summed E-state index contributed by atoms with van der Waals surface area (Å²) >= 11 is 0. The normalized spacial score (nSPS) is 34.5. The van der Waals surface area contributed by atoms with Crippen molar-refractivity contribution in [1.29, 1.82) is 0 Å². The SMILES string of the molecule is C=C/C(C)=C/C[C@]1(C)[C@H](C)C[C@H](OC(=O)/C=C\C=C\CCCCC)[C@@]23C(=C[C@H](O)C[C@@H]12)[C@@H](OC(C)=O)O[C@H]3OC(C)=O. The van der Waals surface area contributed by atoms with Gasteiger partial charge in [0.05, 0.1) is 6.10 Å². The first-order chi connectivity index (χ1) is 19.9. The summed E-state index contributed by atoms with van der Waals surface area (Å²) in [5, 5.41) is 11.1. The molecule has 0 unspecified atom stereocenters. The van der Waals surface area contributed by atoms with Gasteiger partial charge in [-0.3, -0.25) is 14.3 Å². The number of hydrogen-bond acceptors (Lipinski definition) is 8. The van der Waals surface area contributed by atoms with Crippen LogP contribution in [-0.4, -0.2) is 47.8 Å². The van der Waals surface area contributed by atoms with Gasteiger partial charge in [-0.25, -0.2) is 4.79 Å². The van der Waals surface area contributed by atoms with E-state index in [0.717, 1.165) is 31.3 Å². The molecule has 1 heterocycles. The van der Waals surface area contributed by atoms with E-state index < -0.39 is 53.5 Å². The Morgan fingerprint density at radius 3 is 2.45 bits per heavy atom. The van der Waals surface area contributed by atoms with E-state index in [4.69, 9.17) is 18.9 Å². The topological polar surface area (TPSA) is 108 Å². The molecule has 42 heavy (non-hydrogen) atoms. The predicted molar refractivity (Wildman–Crippen MR) is 160 cm³/mol. The van der Waals surface area contributed by atoms with Gasteiger partial charge in [-0.05, 0) is 62.4 Å². The molecular formula is C34H48O8. The van der Waals surface area contributed by atoms with E-state index in [1.165, 1.54) is 19.9 Å². The molecule has 0 radical (unpaired) electrons. The molecular weight excluding hydrogens is 536 g/mol. The molecule has 2 aliphatic carbocycles. The van der Waals surface area contributed by atoms with Gasteiger partial charge in [-0.15, -0.1) is 0 Å². The van der Waals surface area contributed by atoms with Crippen LogP contribution in [0.25, 0.3) is 0 Å². The lowest BCUT2D eigenvalue weighted by atomic mass is 9.45. The second kappa shape index (κ2) is 14.5. The smallest absolute Gasteiger partial charge is 0.331 e. The molecule has 1 saturated carbocycles. The second-order valence-corrected chi connectivity index (χ2v) is 12.1. The van der Waals surface area contributed by atoms with Crippen molar-refractivity contribution in [1.82, 2.24) is 0 Å². The first-order valence-electron chi connectivity index (χ1n) is 15.1. The monoisotopic (exact) mass is 584 g/mol. The van der Waals surface area contributed by atoms with E-state index >= 15 is 0 Å². The number of hydrogen-bond donors (Lipinski definition) is 1. The van der Waals surface area contributed by atoms with Gasteiger partial charge in [0, 0.05) is 25.5 Å². The summed E-state index contributed by atoms with van der Waals surface area (Å²) in [6.07, 6.45) is 14.2. The van der Waals surface area contributed by atoms with E-state index in [2.05, 4.69) is 33.4 Å². The van der Waals surface area contributed by atoms with Crippen molar-refractivity contribution in [3.05, 3.63) is 60.3 Å². The molecule has 0 aromatic rings. The molecule has 3 rings (SSSR count). The number of carbonyl (C=O) groups excluding carboxylic acids is 3. The Morgan fingerprint density at radius 1 is 1.10 bits per heavy atom. The highest BCUT2D eigenvalue weighted by Crippen LogP contribution is 2.67. The van der Waals surface area contributed by atoms with Crippen molar-refractivity contribution in [3.8, 4) is 0 Å². The van der Waals surface area contributed by atoms with Crippen LogP contribution in [-0.2, 0) is 33.3 Å². The van der Waals surface area contributed by atoms with Crippen molar-refractivity contribution in [2.45, 2.75) is 111 Å². The van der Waals surface area contributed by atoms with Crippen LogP contribution in [0.5, 0.6) is 0 Å². The van der Waals surface area contributed by atoms with Crippen LogP contribution >= 0.6 is 0 Å². The van der Waals surface area contributed by atoms with Crippen LogP contribution in [0.1, 0.15) is 86.5 Å². The number of rotatable bonds is 12. The van der Waals surface area contributed by atoms with Crippen molar-refractivity contribution in [2.75, 3.05) is 0 Å². The lowest BCUT2D eigenvalue weighted by Crippen LogP contribution is -2.63. The number of ether oxygens (including phenoxy) is 4. The van der Waals surface area contributed by atoms with Crippen molar-refractivity contribution >= 4 is 17.9 Å². The number of unbranched alkanes of at least 4 members (excludes halogenated alkanes) is 3. The van der Waals surface area contributed by atoms with Crippen LogP contribution in [0.15, 0.2) is 60.3 Å². The Hall–Kier alpha value is -2.97. The average Bonchev–Trinajstić information content (AvgIpc) is 3.21. The third kappa shape index (κ3) is 7.14. The Labute approximate surface area is 250 Å². The molecule has 1 spiro atoms. The summed E-state index contributed by atoms with van der Waals surface area (Å²) in [7, 11) is 0. The molecule has 1 saturated heterocycles. The average molecular weight is 585 g/mol. The highest BCUT2D eigenvalue weighted by atomic mass is 16.8. The fourth-order valence-electron chi connectivity index (χ4n) is 6.92. The molecule has 232 valence electrons. The van der Waals surface area contributed by atoms with E-state index in [1.807, 2.05) is 19.1 Å². The quantitative estimate of drug-likeness (QED) is 0.0715. The van der Waals surface area contributed by atoms with Crippen LogP contribution < -0.4 is 0 Å². The maximum Gasteiger partial charge on any atom is 0.331 e. The lowest BCUT2D eigenvalue weighted by Gasteiger charge is -2.60. The predicted octanol–water partition coefficient (Wildman–Crippen LogP) is 6.26. The summed E-state index contributed by atoms with van der Waals surface area (Å²) in [6, 6.07) is 0. The first-order valence-corrected chi connectivity index (χ1v) is 15.1.